The molecular weight excluding hydrogens is 172 g/mol. The van der Waals surface area contributed by atoms with Crippen LogP contribution in [0, 0.1) is 11.8 Å². The lowest BCUT2D eigenvalue weighted by molar-refractivity contribution is -0.155. The number of carbonyl (C=O) groups is 2. The number of carboxylic acids is 1. The monoisotopic (exact) mass is 184 g/mol. The van der Waals surface area contributed by atoms with E-state index >= 15 is 0 Å². The van der Waals surface area contributed by atoms with Crippen molar-refractivity contribution in [1.82, 2.24) is 0 Å². The highest BCUT2D eigenvalue weighted by molar-refractivity contribution is 5.81. The fourth-order valence-electron chi connectivity index (χ4n) is 1.50. The number of hydrogen-bond donors (Lipinski definition) is 1. The third kappa shape index (κ3) is 2.08. The van der Waals surface area contributed by atoms with Crippen LogP contribution in [0.1, 0.15) is 12.8 Å². The van der Waals surface area contributed by atoms with Gasteiger partial charge in [-0.3, -0.25) is 9.59 Å². The van der Waals surface area contributed by atoms with Crippen LogP contribution in [-0.4, -0.2) is 24.2 Å². The van der Waals surface area contributed by atoms with Crippen LogP contribution in [0.2, 0.25) is 0 Å². The van der Waals surface area contributed by atoms with E-state index in [0.717, 1.165) is 0 Å². The maximum atomic E-state index is 11.2. The topological polar surface area (TPSA) is 63.6 Å². The second-order valence-corrected chi connectivity index (χ2v) is 3.02. The first kappa shape index (κ1) is 9.77. The van der Waals surface area contributed by atoms with Gasteiger partial charge in [-0.2, -0.15) is 0 Å². The van der Waals surface area contributed by atoms with E-state index in [2.05, 4.69) is 4.74 Å². The van der Waals surface area contributed by atoms with Crippen LogP contribution in [0.3, 0.4) is 0 Å². The minimum Gasteiger partial charge on any atom is -0.481 e. The van der Waals surface area contributed by atoms with Gasteiger partial charge in [0.2, 0.25) is 0 Å². The Labute approximate surface area is 76.2 Å². The number of carbonyl (C=O) groups excluding carboxylic acids is 1. The summed E-state index contributed by atoms with van der Waals surface area (Å²) in [5.74, 6) is -2.51. The first-order valence-corrected chi connectivity index (χ1v) is 4.12. The molecule has 0 saturated carbocycles. The van der Waals surface area contributed by atoms with Crippen molar-refractivity contribution in [2.45, 2.75) is 12.8 Å². The van der Waals surface area contributed by atoms with E-state index in [9.17, 15) is 9.59 Å². The molecule has 1 aliphatic carbocycles. The molecule has 0 aromatic carbocycles. The minimum absolute atomic E-state index is 0.412. The van der Waals surface area contributed by atoms with Crippen molar-refractivity contribution in [3.8, 4) is 0 Å². The lowest BCUT2D eigenvalue weighted by Gasteiger charge is -2.22. The van der Waals surface area contributed by atoms with E-state index in [0.29, 0.717) is 12.8 Å². The summed E-state index contributed by atoms with van der Waals surface area (Å²) in [6, 6.07) is 0. The van der Waals surface area contributed by atoms with E-state index in [4.69, 9.17) is 5.11 Å². The number of hydrogen-bond acceptors (Lipinski definition) is 3. The molecular formula is C9H12O4. The Bertz CT molecular complexity index is 244. The molecule has 72 valence electrons. The summed E-state index contributed by atoms with van der Waals surface area (Å²) in [4.78, 5) is 21.9. The van der Waals surface area contributed by atoms with Gasteiger partial charge in [0.05, 0.1) is 18.9 Å². The van der Waals surface area contributed by atoms with Crippen molar-refractivity contribution in [2.24, 2.45) is 11.8 Å². The summed E-state index contributed by atoms with van der Waals surface area (Å²) in [5.41, 5.74) is 0. The van der Waals surface area contributed by atoms with Crippen molar-refractivity contribution < 1.29 is 19.4 Å². The first-order chi connectivity index (χ1) is 6.16. The van der Waals surface area contributed by atoms with Crippen LogP contribution >= 0.6 is 0 Å². The van der Waals surface area contributed by atoms with Gasteiger partial charge in [-0.1, -0.05) is 12.2 Å². The molecule has 1 N–H and O–H groups in total. The number of aliphatic carboxylic acids is 1. The van der Waals surface area contributed by atoms with Crippen molar-refractivity contribution in [2.75, 3.05) is 7.11 Å². The fourth-order valence-corrected chi connectivity index (χ4v) is 1.50. The van der Waals surface area contributed by atoms with Gasteiger partial charge in [0.1, 0.15) is 0 Å². The quantitative estimate of drug-likeness (QED) is 0.510. The number of carboxylic acid groups (broad SMARTS) is 1. The lowest BCUT2D eigenvalue weighted by Crippen LogP contribution is -2.31. The molecule has 0 amide bonds. The molecule has 13 heavy (non-hydrogen) atoms. The molecule has 1 aliphatic rings. The first-order valence-electron chi connectivity index (χ1n) is 4.12. The number of ether oxygens (including phenoxy) is 1. The second-order valence-electron chi connectivity index (χ2n) is 3.02. The van der Waals surface area contributed by atoms with Gasteiger partial charge in [0.15, 0.2) is 0 Å². The molecule has 0 aliphatic heterocycles. The number of allylic oxidation sites excluding steroid dienone is 2. The molecule has 0 saturated heterocycles. The van der Waals surface area contributed by atoms with E-state index in [1.165, 1.54) is 7.11 Å². The lowest BCUT2D eigenvalue weighted by atomic mass is 9.83. The SMILES string of the molecule is COC(=O)C1CC=CCC1C(=O)O. The van der Waals surface area contributed by atoms with Gasteiger partial charge in [-0.25, -0.2) is 0 Å². The maximum Gasteiger partial charge on any atom is 0.309 e. The van der Waals surface area contributed by atoms with Crippen molar-refractivity contribution >= 4 is 11.9 Å². The molecule has 0 spiro atoms. The van der Waals surface area contributed by atoms with Crippen molar-refractivity contribution in [3.63, 3.8) is 0 Å². The third-order valence-corrected chi connectivity index (χ3v) is 2.25. The molecule has 4 heteroatoms. The summed E-state index contributed by atoms with van der Waals surface area (Å²) in [6.07, 6.45) is 4.48. The fraction of sp³-hybridized carbons (Fsp3) is 0.556. The Morgan fingerprint density at radius 1 is 1.31 bits per heavy atom. The zero-order valence-corrected chi connectivity index (χ0v) is 7.40. The molecule has 1 rings (SSSR count). The highest BCUT2D eigenvalue weighted by Crippen LogP contribution is 2.26. The molecule has 0 aromatic heterocycles. The second kappa shape index (κ2) is 4.07. The highest BCUT2D eigenvalue weighted by Gasteiger charge is 2.34. The molecule has 2 atom stereocenters. The van der Waals surface area contributed by atoms with E-state index < -0.39 is 23.8 Å². The van der Waals surface area contributed by atoms with E-state index in [1.807, 2.05) is 6.08 Å². The molecule has 0 bridgehead atoms. The standard InChI is InChI=1S/C9H12O4/c1-13-9(12)7-5-3-2-4-6(7)8(10)11/h2-3,6-7H,4-5H2,1H3,(H,10,11). The summed E-state index contributed by atoms with van der Waals surface area (Å²) < 4.78 is 4.53. The van der Waals surface area contributed by atoms with Crippen molar-refractivity contribution in [3.05, 3.63) is 12.2 Å². The molecule has 4 nitrogen and oxygen atoms in total. The van der Waals surface area contributed by atoms with Crippen LogP contribution in [0.15, 0.2) is 12.2 Å². The van der Waals surface area contributed by atoms with Crippen LogP contribution in [0.25, 0.3) is 0 Å². The van der Waals surface area contributed by atoms with Gasteiger partial charge in [-0.15, -0.1) is 0 Å². The number of rotatable bonds is 2. The summed E-state index contributed by atoms with van der Waals surface area (Å²) in [6.45, 7) is 0. The Morgan fingerprint density at radius 2 is 1.85 bits per heavy atom. The maximum absolute atomic E-state index is 11.2. The van der Waals surface area contributed by atoms with Crippen LogP contribution in [0.4, 0.5) is 0 Å². The number of esters is 1. The van der Waals surface area contributed by atoms with Crippen LogP contribution in [-0.2, 0) is 14.3 Å². The predicted molar refractivity (Wildman–Crippen MR) is 45.0 cm³/mol. The Hall–Kier alpha value is -1.32. The highest BCUT2D eigenvalue weighted by atomic mass is 16.5. The average molecular weight is 184 g/mol. The molecule has 2 unspecified atom stereocenters. The van der Waals surface area contributed by atoms with Gasteiger partial charge < -0.3 is 9.84 Å². The zero-order valence-electron chi connectivity index (χ0n) is 7.40. The van der Waals surface area contributed by atoms with Crippen LogP contribution < -0.4 is 0 Å². The summed E-state index contributed by atoms with van der Waals surface area (Å²) >= 11 is 0. The Balaban J connectivity index is 2.75. The summed E-state index contributed by atoms with van der Waals surface area (Å²) in [7, 11) is 1.28. The predicted octanol–water partition coefficient (Wildman–Crippen LogP) is 0.826. The molecule has 0 aromatic rings. The Morgan fingerprint density at radius 3 is 2.31 bits per heavy atom. The zero-order chi connectivity index (χ0) is 9.84. The third-order valence-electron chi connectivity index (χ3n) is 2.25. The van der Waals surface area contributed by atoms with E-state index in [1.54, 1.807) is 6.08 Å². The molecule has 0 heterocycles. The average Bonchev–Trinajstić information content (AvgIpc) is 2.16. The smallest absolute Gasteiger partial charge is 0.309 e. The largest absolute Gasteiger partial charge is 0.481 e. The van der Waals surface area contributed by atoms with Crippen LogP contribution in [0.5, 0.6) is 0 Å². The van der Waals surface area contributed by atoms with Crippen molar-refractivity contribution in [1.29, 1.82) is 0 Å². The molecule has 0 radical (unpaired) electrons. The van der Waals surface area contributed by atoms with Gasteiger partial charge in [0, 0.05) is 0 Å². The Kier molecular flexibility index (Phi) is 3.06. The normalized spacial score (nSPS) is 26.8. The van der Waals surface area contributed by atoms with E-state index in [-0.39, 0.29) is 0 Å². The number of methoxy groups -OCH3 is 1. The minimum atomic E-state index is -0.931. The van der Waals surface area contributed by atoms with Gasteiger partial charge in [0.25, 0.3) is 0 Å². The van der Waals surface area contributed by atoms with Gasteiger partial charge in [-0.05, 0) is 12.8 Å². The van der Waals surface area contributed by atoms with Gasteiger partial charge >= 0.3 is 11.9 Å². The summed E-state index contributed by atoms with van der Waals surface area (Å²) in [5, 5.41) is 8.81. The molecule has 0 fully saturated rings.